The molecule has 0 bridgehead atoms. The van der Waals surface area contributed by atoms with Gasteiger partial charge in [-0.1, -0.05) is 61.9 Å². The van der Waals surface area contributed by atoms with E-state index in [1.165, 1.54) is 16.7 Å². The van der Waals surface area contributed by atoms with Gasteiger partial charge in [-0.3, -0.25) is 9.69 Å². The first-order chi connectivity index (χ1) is 14.4. The molecule has 4 nitrogen and oxygen atoms in total. The Bertz CT molecular complexity index is 1010. The first-order valence-corrected chi connectivity index (χ1v) is 11.7. The van der Waals surface area contributed by atoms with Crippen LogP contribution in [0, 0.1) is 13.8 Å². The highest BCUT2D eigenvalue weighted by molar-refractivity contribution is 7.22. The van der Waals surface area contributed by atoms with Gasteiger partial charge in [-0.05, 0) is 62.2 Å². The minimum Gasteiger partial charge on any atom is -0.302 e. The Labute approximate surface area is 184 Å². The van der Waals surface area contributed by atoms with Crippen LogP contribution in [0.3, 0.4) is 0 Å². The maximum Gasteiger partial charge on any atom is 0.233 e. The number of aryl methyl sites for hydroxylation is 3. The first kappa shape index (κ1) is 22.4. The van der Waals surface area contributed by atoms with E-state index in [1.54, 1.807) is 11.3 Å². The number of amides is 1. The van der Waals surface area contributed by atoms with Crippen molar-refractivity contribution in [2.24, 2.45) is 0 Å². The predicted octanol–water partition coefficient (Wildman–Crippen LogP) is 5.39. The van der Waals surface area contributed by atoms with Gasteiger partial charge in [0, 0.05) is 13.1 Å². The average Bonchev–Trinajstić information content (AvgIpc) is 3.15. The van der Waals surface area contributed by atoms with E-state index in [4.69, 9.17) is 4.98 Å². The van der Waals surface area contributed by atoms with Crippen LogP contribution >= 0.6 is 11.3 Å². The molecule has 1 amide bonds. The Morgan fingerprint density at radius 3 is 2.43 bits per heavy atom. The van der Waals surface area contributed by atoms with Crippen LogP contribution in [-0.2, 0) is 17.6 Å². The minimum absolute atomic E-state index is 0.115. The third kappa shape index (κ3) is 5.27. The SMILES string of the molecule is CCc1ccc2nc(N(CCN(CC)CC)C(=O)Cc3ccc(C)cc3C)sc2c1. The van der Waals surface area contributed by atoms with Gasteiger partial charge in [-0.2, -0.15) is 0 Å². The molecule has 0 unspecified atom stereocenters. The second-order valence-corrected chi connectivity index (χ2v) is 8.84. The van der Waals surface area contributed by atoms with Crippen LogP contribution in [0.25, 0.3) is 10.2 Å². The lowest BCUT2D eigenvalue weighted by molar-refractivity contribution is -0.118. The van der Waals surface area contributed by atoms with Crippen LogP contribution in [0.2, 0.25) is 0 Å². The summed E-state index contributed by atoms with van der Waals surface area (Å²) in [6, 6.07) is 12.7. The normalized spacial score (nSPS) is 11.4. The molecule has 0 N–H and O–H groups in total. The molecule has 0 fully saturated rings. The fourth-order valence-corrected chi connectivity index (χ4v) is 4.78. The fraction of sp³-hybridized carbons (Fsp3) is 0.440. The van der Waals surface area contributed by atoms with E-state index < -0.39 is 0 Å². The molecule has 0 aliphatic rings. The van der Waals surface area contributed by atoms with Gasteiger partial charge in [-0.15, -0.1) is 0 Å². The highest BCUT2D eigenvalue weighted by Gasteiger charge is 2.21. The van der Waals surface area contributed by atoms with Gasteiger partial charge < -0.3 is 4.90 Å². The number of rotatable bonds is 9. The van der Waals surface area contributed by atoms with Crippen LogP contribution in [-0.4, -0.2) is 42.0 Å². The van der Waals surface area contributed by atoms with Crippen molar-refractivity contribution in [2.45, 2.75) is 47.5 Å². The van der Waals surface area contributed by atoms with Gasteiger partial charge in [0.2, 0.25) is 5.91 Å². The average molecular weight is 424 g/mol. The molecule has 0 saturated heterocycles. The van der Waals surface area contributed by atoms with E-state index in [2.05, 4.69) is 75.9 Å². The summed E-state index contributed by atoms with van der Waals surface area (Å²) in [5.74, 6) is 0.115. The third-order valence-corrected chi connectivity index (χ3v) is 6.80. The molecule has 1 aromatic heterocycles. The molecule has 0 saturated carbocycles. The molecule has 0 aliphatic carbocycles. The van der Waals surface area contributed by atoms with Crippen LogP contribution < -0.4 is 4.90 Å². The van der Waals surface area contributed by atoms with Crippen LogP contribution in [0.15, 0.2) is 36.4 Å². The van der Waals surface area contributed by atoms with Crippen molar-refractivity contribution in [2.75, 3.05) is 31.1 Å². The Morgan fingerprint density at radius 1 is 1.00 bits per heavy atom. The summed E-state index contributed by atoms with van der Waals surface area (Å²) in [6.07, 6.45) is 1.40. The summed E-state index contributed by atoms with van der Waals surface area (Å²) in [5.41, 5.74) is 5.75. The summed E-state index contributed by atoms with van der Waals surface area (Å²) >= 11 is 1.62. The highest BCUT2D eigenvalue weighted by Crippen LogP contribution is 2.30. The van der Waals surface area contributed by atoms with E-state index in [0.29, 0.717) is 13.0 Å². The number of carbonyl (C=O) groups excluding carboxylic acids is 1. The first-order valence-electron chi connectivity index (χ1n) is 10.9. The van der Waals surface area contributed by atoms with E-state index in [1.807, 2.05) is 4.90 Å². The molecule has 0 spiro atoms. The Hall–Kier alpha value is -2.24. The number of carbonyl (C=O) groups is 1. The lowest BCUT2D eigenvalue weighted by Crippen LogP contribution is -2.39. The Morgan fingerprint density at radius 2 is 1.77 bits per heavy atom. The lowest BCUT2D eigenvalue weighted by Gasteiger charge is -2.25. The number of anilines is 1. The molecule has 3 rings (SSSR count). The summed E-state index contributed by atoms with van der Waals surface area (Å²) in [5, 5.41) is 0.806. The van der Waals surface area contributed by atoms with Crippen molar-refractivity contribution in [3.05, 3.63) is 58.7 Å². The predicted molar refractivity (Wildman–Crippen MR) is 129 cm³/mol. The zero-order valence-electron chi connectivity index (χ0n) is 18.9. The van der Waals surface area contributed by atoms with Crippen molar-refractivity contribution in [3.63, 3.8) is 0 Å². The number of aromatic nitrogens is 1. The summed E-state index contributed by atoms with van der Waals surface area (Å²) in [4.78, 5) is 22.5. The molecule has 0 aliphatic heterocycles. The number of thiazole rings is 1. The van der Waals surface area contributed by atoms with E-state index in [0.717, 1.165) is 47.0 Å². The van der Waals surface area contributed by atoms with Crippen LogP contribution in [0.1, 0.15) is 43.0 Å². The highest BCUT2D eigenvalue weighted by atomic mass is 32.1. The van der Waals surface area contributed by atoms with E-state index >= 15 is 0 Å². The number of benzene rings is 2. The van der Waals surface area contributed by atoms with Gasteiger partial charge in [-0.25, -0.2) is 4.98 Å². The van der Waals surface area contributed by atoms with Gasteiger partial charge in [0.25, 0.3) is 0 Å². The molecule has 5 heteroatoms. The molecule has 160 valence electrons. The molecule has 0 radical (unpaired) electrons. The number of hydrogen-bond acceptors (Lipinski definition) is 4. The zero-order valence-corrected chi connectivity index (χ0v) is 19.7. The molecule has 0 atom stereocenters. The summed E-state index contributed by atoms with van der Waals surface area (Å²) < 4.78 is 1.15. The molecule has 1 heterocycles. The zero-order chi connectivity index (χ0) is 21.7. The molecule has 3 aromatic rings. The third-order valence-electron chi connectivity index (χ3n) is 5.76. The van der Waals surface area contributed by atoms with Crippen molar-refractivity contribution >= 4 is 32.6 Å². The minimum atomic E-state index is 0.115. The maximum absolute atomic E-state index is 13.4. The van der Waals surface area contributed by atoms with Gasteiger partial charge in [0.1, 0.15) is 0 Å². The van der Waals surface area contributed by atoms with E-state index in [9.17, 15) is 4.79 Å². The Balaban J connectivity index is 1.90. The largest absolute Gasteiger partial charge is 0.302 e. The van der Waals surface area contributed by atoms with Gasteiger partial charge >= 0.3 is 0 Å². The number of hydrogen-bond donors (Lipinski definition) is 0. The quantitative estimate of drug-likeness (QED) is 0.463. The number of nitrogens with zero attached hydrogens (tertiary/aromatic N) is 3. The second-order valence-electron chi connectivity index (χ2n) is 7.83. The van der Waals surface area contributed by atoms with Crippen LogP contribution in [0.5, 0.6) is 0 Å². The monoisotopic (exact) mass is 423 g/mol. The van der Waals surface area contributed by atoms with Crippen molar-refractivity contribution < 1.29 is 4.79 Å². The van der Waals surface area contributed by atoms with Crippen molar-refractivity contribution in [3.8, 4) is 0 Å². The number of likely N-dealkylation sites (N-methyl/N-ethyl adjacent to an activating group) is 1. The fourth-order valence-electron chi connectivity index (χ4n) is 3.70. The Kier molecular flexibility index (Phi) is 7.62. The lowest BCUT2D eigenvalue weighted by atomic mass is 10.0. The maximum atomic E-state index is 13.4. The second kappa shape index (κ2) is 10.2. The summed E-state index contributed by atoms with van der Waals surface area (Å²) in [7, 11) is 0. The molecular formula is C25H33N3OS. The van der Waals surface area contributed by atoms with Gasteiger partial charge in [0.15, 0.2) is 5.13 Å². The number of fused-ring (bicyclic) bond motifs is 1. The van der Waals surface area contributed by atoms with Crippen molar-refractivity contribution in [1.82, 2.24) is 9.88 Å². The summed E-state index contributed by atoms with van der Waals surface area (Å²) in [6.45, 7) is 14.1. The molecule has 2 aromatic carbocycles. The van der Waals surface area contributed by atoms with Gasteiger partial charge in [0.05, 0.1) is 16.6 Å². The topological polar surface area (TPSA) is 36.4 Å². The molecular weight excluding hydrogens is 390 g/mol. The smallest absolute Gasteiger partial charge is 0.233 e. The van der Waals surface area contributed by atoms with Crippen LogP contribution in [0.4, 0.5) is 5.13 Å². The van der Waals surface area contributed by atoms with Crippen molar-refractivity contribution in [1.29, 1.82) is 0 Å². The standard InChI is InChI=1S/C25H33N3OS/c1-6-20-10-12-22-23(16-20)30-25(26-22)28(14-13-27(7-2)8-3)24(29)17-21-11-9-18(4)15-19(21)5/h9-12,15-16H,6-8,13-14,17H2,1-5H3. The van der Waals surface area contributed by atoms with E-state index in [-0.39, 0.29) is 5.91 Å². The molecule has 30 heavy (non-hydrogen) atoms.